The Hall–Kier alpha value is -1.32. The third-order valence-electron chi connectivity index (χ3n) is 1.02. The molecule has 0 aliphatic carbocycles. The molecule has 0 aromatic heterocycles. The Kier molecular flexibility index (Phi) is 4.81. The topological polar surface area (TPSA) is 55.4 Å². The summed E-state index contributed by atoms with van der Waals surface area (Å²) < 4.78 is 4.31. The summed E-state index contributed by atoms with van der Waals surface area (Å²) >= 11 is 0. The third-order valence-corrected chi connectivity index (χ3v) is 1.02. The van der Waals surface area contributed by atoms with Gasteiger partial charge in [0, 0.05) is 12.8 Å². The van der Waals surface area contributed by atoms with Gasteiger partial charge in [-0.3, -0.25) is 14.9 Å². The number of nitrogens with one attached hydrogen (secondary N) is 1. The van der Waals surface area contributed by atoms with E-state index in [4.69, 9.17) is 0 Å². The maximum absolute atomic E-state index is 10.1. The van der Waals surface area contributed by atoms with Crippen LogP contribution in [0.2, 0.25) is 0 Å². The van der Waals surface area contributed by atoms with Crippen molar-refractivity contribution < 1.29 is 14.3 Å². The van der Waals surface area contributed by atoms with Crippen LogP contribution in [0, 0.1) is 0 Å². The largest absolute Gasteiger partial charge is 0.505 e. The van der Waals surface area contributed by atoms with Crippen LogP contribution in [0.25, 0.3) is 0 Å². The molecule has 62 valence electrons. The van der Waals surface area contributed by atoms with Crippen LogP contribution in [0.4, 0.5) is 0 Å². The Morgan fingerprint density at radius 1 is 1.45 bits per heavy atom. The molecule has 0 aromatic carbocycles. The quantitative estimate of drug-likeness (QED) is 0.437. The van der Waals surface area contributed by atoms with Gasteiger partial charge in [0.25, 0.3) is 0 Å². The number of methoxy groups -OCH3 is 1. The highest BCUT2D eigenvalue weighted by atomic mass is 16.5. The van der Waals surface area contributed by atoms with Crippen molar-refractivity contribution in [2.45, 2.75) is 12.8 Å². The first kappa shape index (κ1) is 9.68. The molecule has 0 atom stereocenters. The minimum atomic E-state index is -0.148. The number of amides is 2. The van der Waals surface area contributed by atoms with E-state index in [1.54, 1.807) is 7.11 Å². The van der Waals surface area contributed by atoms with E-state index in [1.165, 1.54) is 6.26 Å². The molecule has 1 heterocycles. The minimum absolute atomic E-state index is 0.148. The highest BCUT2D eigenvalue weighted by Gasteiger charge is 2.15. The van der Waals surface area contributed by atoms with Crippen molar-refractivity contribution in [2.75, 3.05) is 7.11 Å². The second-order valence-electron chi connectivity index (χ2n) is 1.87. The van der Waals surface area contributed by atoms with Gasteiger partial charge in [-0.25, -0.2) is 0 Å². The first-order valence-corrected chi connectivity index (χ1v) is 3.17. The van der Waals surface area contributed by atoms with Crippen molar-refractivity contribution in [3.63, 3.8) is 0 Å². The smallest absolute Gasteiger partial charge is 0.227 e. The summed E-state index contributed by atoms with van der Waals surface area (Å²) in [7, 11) is 1.56. The molecule has 4 nitrogen and oxygen atoms in total. The molecule has 1 rings (SSSR count). The summed E-state index contributed by atoms with van der Waals surface area (Å²) in [4.78, 5) is 20.2. The average molecular weight is 157 g/mol. The third kappa shape index (κ3) is 5.14. The second kappa shape index (κ2) is 5.46. The Morgan fingerprint density at radius 3 is 1.91 bits per heavy atom. The molecule has 1 saturated heterocycles. The van der Waals surface area contributed by atoms with Gasteiger partial charge >= 0.3 is 0 Å². The van der Waals surface area contributed by atoms with E-state index in [0.29, 0.717) is 12.8 Å². The second-order valence-corrected chi connectivity index (χ2v) is 1.87. The number of imide groups is 1. The fourth-order valence-corrected chi connectivity index (χ4v) is 0.508. The molecular formula is C7H11NO3. The zero-order valence-electron chi connectivity index (χ0n) is 6.42. The van der Waals surface area contributed by atoms with E-state index in [-0.39, 0.29) is 11.8 Å². The summed E-state index contributed by atoms with van der Waals surface area (Å²) in [5.41, 5.74) is 0. The number of ether oxygens (including phenoxy) is 1. The molecule has 0 saturated carbocycles. The summed E-state index contributed by atoms with van der Waals surface area (Å²) in [5.74, 6) is -0.296. The number of hydrogen-bond donors (Lipinski definition) is 1. The summed E-state index contributed by atoms with van der Waals surface area (Å²) in [5, 5.41) is 2.14. The maximum Gasteiger partial charge on any atom is 0.227 e. The van der Waals surface area contributed by atoms with Gasteiger partial charge in [0.15, 0.2) is 0 Å². The lowest BCUT2D eigenvalue weighted by Crippen LogP contribution is -2.18. The van der Waals surface area contributed by atoms with Gasteiger partial charge in [0.05, 0.1) is 13.4 Å². The van der Waals surface area contributed by atoms with Gasteiger partial charge in [-0.05, 0) is 0 Å². The molecule has 1 aliphatic rings. The molecule has 11 heavy (non-hydrogen) atoms. The van der Waals surface area contributed by atoms with Crippen LogP contribution in [0.15, 0.2) is 12.8 Å². The van der Waals surface area contributed by atoms with E-state index in [2.05, 4.69) is 16.6 Å². The lowest BCUT2D eigenvalue weighted by atomic mass is 10.4. The first-order chi connectivity index (χ1) is 5.20. The highest BCUT2D eigenvalue weighted by molar-refractivity contribution is 6.01. The molecule has 0 spiro atoms. The van der Waals surface area contributed by atoms with Crippen molar-refractivity contribution in [1.29, 1.82) is 0 Å². The van der Waals surface area contributed by atoms with Crippen LogP contribution in [0.1, 0.15) is 12.8 Å². The van der Waals surface area contributed by atoms with Crippen LogP contribution in [0.3, 0.4) is 0 Å². The normalized spacial score (nSPS) is 14.6. The Labute approximate surface area is 65.2 Å². The van der Waals surface area contributed by atoms with E-state index in [1.807, 2.05) is 0 Å². The molecule has 4 heteroatoms. The summed E-state index contributed by atoms with van der Waals surface area (Å²) in [6, 6.07) is 0. The molecular weight excluding hydrogens is 146 g/mol. The molecule has 0 aromatic rings. The average Bonchev–Trinajstić information content (AvgIpc) is 2.35. The zero-order chi connectivity index (χ0) is 8.69. The van der Waals surface area contributed by atoms with Crippen molar-refractivity contribution in [3.8, 4) is 0 Å². The molecule has 1 N–H and O–H groups in total. The lowest BCUT2D eigenvalue weighted by molar-refractivity contribution is -0.124. The predicted octanol–water partition coefficient (Wildman–Crippen LogP) is 0.199. The Balaban J connectivity index is 0.000000218. The van der Waals surface area contributed by atoms with Gasteiger partial charge < -0.3 is 4.74 Å². The molecule has 2 amide bonds. The van der Waals surface area contributed by atoms with E-state index >= 15 is 0 Å². The van der Waals surface area contributed by atoms with Crippen molar-refractivity contribution in [2.24, 2.45) is 0 Å². The van der Waals surface area contributed by atoms with Crippen LogP contribution in [-0.2, 0) is 14.3 Å². The number of hydrogen-bond acceptors (Lipinski definition) is 3. The van der Waals surface area contributed by atoms with E-state index < -0.39 is 0 Å². The van der Waals surface area contributed by atoms with Gasteiger partial charge in [0.1, 0.15) is 0 Å². The summed E-state index contributed by atoms with van der Waals surface area (Å²) in [6.45, 7) is 3.26. The molecule has 1 aliphatic heterocycles. The summed E-state index contributed by atoms with van der Waals surface area (Å²) in [6.07, 6.45) is 2.12. The maximum atomic E-state index is 10.1. The van der Waals surface area contributed by atoms with Crippen molar-refractivity contribution in [1.82, 2.24) is 5.32 Å². The fraction of sp³-hybridized carbons (Fsp3) is 0.429. The Bertz CT molecular complexity index is 151. The Morgan fingerprint density at radius 2 is 1.82 bits per heavy atom. The van der Waals surface area contributed by atoms with Gasteiger partial charge in [-0.1, -0.05) is 6.58 Å². The molecule has 1 fully saturated rings. The number of carbonyl (C=O) groups excluding carboxylic acids is 2. The number of carbonyl (C=O) groups is 2. The van der Waals surface area contributed by atoms with Gasteiger partial charge in [0.2, 0.25) is 11.8 Å². The van der Waals surface area contributed by atoms with Gasteiger partial charge in [-0.15, -0.1) is 0 Å². The van der Waals surface area contributed by atoms with Crippen LogP contribution < -0.4 is 5.32 Å². The number of rotatable bonds is 1. The molecule has 0 bridgehead atoms. The monoisotopic (exact) mass is 157 g/mol. The predicted molar refractivity (Wildman–Crippen MR) is 39.6 cm³/mol. The van der Waals surface area contributed by atoms with Crippen LogP contribution >= 0.6 is 0 Å². The van der Waals surface area contributed by atoms with Crippen LogP contribution in [0.5, 0.6) is 0 Å². The zero-order valence-corrected chi connectivity index (χ0v) is 6.42. The van der Waals surface area contributed by atoms with Gasteiger partial charge in [-0.2, -0.15) is 0 Å². The fourth-order valence-electron chi connectivity index (χ4n) is 0.508. The lowest BCUT2D eigenvalue weighted by Gasteiger charge is -1.79. The molecule has 0 radical (unpaired) electrons. The highest BCUT2D eigenvalue weighted by Crippen LogP contribution is 1.95. The minimum Gasteiger partial charge on any atom is -0.505 e. The SMILES string of the molecule is C=COC.O=C1CCC(=O)N1. The molecule has 0 unspecified atom stereocenters. The first-order valence-electron chi connectivity index (χ1n) is 3.17. The van der Waals surface area contributed by atoms with E-state index in [0.717, 1.165) is 0 Å². The van der Waals surface area contributed by atoms with Crippen molar-refractivity contribution >= 4 is 11.8 Å². The van der Waals surface area contributed by atoms with Crippen molar-refractivity contribution in [3.05, 3.63) is 12.8 Å². The van der Waals surface area contributed by atoms with Crippen LogP contribution in [-0.4, -0.2) is 18.9 Å². The standard InChI is InChI=1S/C4H5NO2.C3H6O/c6-3-1-2-4(7)5-3;1-3-4-2/h1-2H2,(H,5,6,7);3H,1H2,2H3. The van der Waals surface area contributed by atoms with E-state index in [9.17, 15) is 9.59 Å².